The van der Waals surface area contributed by atoms with Crippen molar-refractivity contribution in [1.29, 1.82) is 0 Å². The number of ether oxygens (including phenoxy) is 9. The van der Waals surface area contributed by atoms with Crippen LogP contribution in [0.3, 0.4) is 0 Å². The molecule has 1 aliphatic rings. The molecule has 0 aliphatic carbocycles. The first-order valence-electron chi connectivity index (χ1n) is 13.6. The molecule has 0 amide bonds. The minimum atomic E-state index is -4.81. The molecule has 1 aliphatic heterocycles. The van der Waals surface area contributed by atoms with E-state index in [0.29, 0.717) is 0 Å². The summed E-state index contributed by atoms with van der Waals surface area (Å²) < 4.78 is 89.4. The Bertz CT molecular complexity index is 1200. The van der Waals surface area contributed by atoms with Crippen molar-refractivity contribution in [1.82, 2.24) is 9.55 Å². The van der Waals surface area contributed by atoms with Gasteiger partial charge in [-0.15, -0.1) is 0 Å². The Labute approximate surface area is 262 Å². The Kier molecular flexibility index (Phi) is 16.8. The van der Waals surface area contributed by atoms with Crippen molar-refractivity contribution in [2.24, 2.45) is 5.92 Å². The largest absolute Gasteiger partial charge is 0.510 e. The number of halogens is 1. The van der Waals surface area contributed by atoms with Crippen LogP contribution in [0, 0.1) is 5.92 Å². The molecule has 264 valence electrons. The molecule has 0 spiro atoms. The van der Waals surface area contributed by atoms with E-state index in [2.05, 4.69) is 4.98 Å². The van der Waals surface area contributed by atoms with E-state index in [0.717, 1.165) is 10.6 Å². The molecule has 1 aromatic heterocycles. The normalized spacial score (nSPS) is 19.8. The van der Waals surface area contributed by atoms with E-state index >= 15 is 0 Å². The molecule has 1 N–H and O–H groups in total. The smallest absolute Gasteiger partial charge is 0.426 e. The number of carbonyl (C=O) groups excluding carboxylic acids is 2. The van der Waals surface area contributed by atoms with E-state index in [9.17, 15) is 28.1 Å². The third kappa shape index (κ3) is 12.7. The number of rotatable bonds is 21. The maximum absolute atomic E-state index is 14.4. The van der Waals surface area contributed by atoms with Crippen molar-refractivity contribution in [3.8, 4) is 0 Å². The first kappa shape index (κ1) is 39.2. The number of aromatic nitrogens is 2. The number of phosphoric acid groups is 1. The van der Waals surface area contributed by atoms with Gasteiger partial charge in [0.05, 0.1) is 33.0 Å². The van der Waals surface area contributed by atoms with Crippen molar-refractivity contribution in [2.75, 3.05) is 81.7 Å². The monoisotopic (exact) mass is 690 g/mol. The van der Waals surface area contributed by atoms with Crippen LogP contribution in [0.5, 0.6) is 0 Å². The molecule has 1 saturated heterocycles. The summed E-state index contributed by atoms with van der Waals surface area (Å²) in [5, 5.41) is 0. The number of hydrogen-bond acceptors (Lipinski definition) is 17. The Balaban J connectivity index is 2.11. The molecule has 0 aromatic carbocycles. The van der Waals surface area contributed by atoms with Gasteiger partial charge in [-0.25, -0.2) is 32.4 Å². The summed E-state index contributed by atoms with van der Waals surface area (Å²) in [6.07, 6.45) is -4.06. The SMILES string of the molecule is COCC(COC)OC(=O)OCOP(=O)(OCOC(=O)OC(COC)COC)OC[C@]1(CF)C[C@H](C)[C@H](n2ccc(=O)[nH]c2=O)O1. The molecule has 2 heterocycles. The second-order valence-electron chi connectivity index (χ2n) is 9.83. The average molecular weight is 691 g/mol. The van der Waals surface area contributed by atoms with Gasteiger partial charge < -0.3 is 42.6 Å². The number of carbonyl (C=O) groups is 2. The lowest BCUT2D eigenvalue weighted by molar-refractivity contribution is -0.118. The zero-order valence-electron chi connectivity index (χ0n) is 26.0. The minimum absolute atomic E-state index is 0.0203. The molecule has 21 heteroatoms. The van der Waals surface area contributed by atoms with Crippen LogP contribution in [0.4, 0.5) is 14.0 Å². The number of alkyl halides is 1. The van der Waals surface area contributed by atoms with Crippen LogP contribution in [0.1, 0.15) is 19.6 Å². The van der Waals surface area contributed by atoms with E-state index < -0.39 is 88.2 Å². The number of nitrogens with one attached hydrogen (secondary N) is 1. The molecule has 0 saturated carbocycles. The van der Waals surface area contributed by atoms with E-state index in [1.54, 1.807) is 6.92 Å². The number of nitrogens with zero attached hydrogens (tertiary/aromatic N) is 1. The molecule has 46 heavy (non-hydrogen) atoms. The molecule has 0 bridgehead atoms. The average Bonchev–Trinajstić information content (AvgIpc) is 3.33. The van der Waals surface area contributed by atoms with Crippen molar-refractivity contribution in [3.63, 3.8) is 0 Å². The number of hydrogen-bond donors (Lipinski definition) is 1. The highest BCUT2D eigenvalue weighted by Gasteiger charge is 2.48. The number of H-pyrrole nitrogens is 1. The van der Waals surface area contributed by atoms with Gasteiger partial charge in [-0.2, -0.15) is 0 Å². The molecule has 3 atom stereocenters. The standard InChI is InChI=1S/C25H40FN2O17P/c1-17-8-25(13-26,45-21(17)28-7-6-20(29)27-22(28)30)14-40-46(33,41-15-38-23(31)43-18(9-34-2)10-35-3)42-16-39-24(32)44-19(11-36-4)12-37-5/h6-7,17-19,21H,8-16H2,1-5H3,(H,27,29,30)/t17-,21+,25+/m0/s1. The van der Waals surface area contributed by atoms with Crippen LogP contribution in [-0.2, 0) is 60.8 Å². The van der Waals surface area contributed by atoms with Crippen LogP contribution in [0.2, 0.25) is 0 Å². The fourth-order valence-electron chi connectivity index (χ4n) is 4.19. The van der Waals surface area contributed by atoms with Gasteiger partial charge in [0, 0.05) is 46.6 Å². The molecule has 19 nitrogen and oxygen atoms in total. The predicted molar refractivity (Wildman–Crippen MR) is 150 cm³/mol. The lowest BCUT2D eigenvalue weighted by Crippen LogP contribution is -2.38. The van der Waals surface area contributed by atoms with Gasteiger partial charge in [0.15, 0.2) is 12.2 Å². The van der Waals surface area contributed by atoms with Gasteiger partial charge >= 0.3 is 25.8 Å². The zero-order chi connectivity index (χ0) is 34.2. The maximum Gasteiger partial charge on any atom is 0.510 e. The lowest BCUT2D eigenvalue weighted by atomic mass is 9.96. The third-order valence-electron chi connectivity index (χ3n) is 6.12. The summed E-state index contributed by atoms with van der Waals surface area (Å²) in [5.74, 6) is -0.486. The van der Waals surface area contributed by atoms with E-state index in [1.807, 2.05) is 0 Å². The molecule has 2 rings (SSSR count). The molecule has 0 radical (unpaired) electrons. The minimum Gasteiger partial charge on any atom is -0.426 e. The molecule has 0 unspecified atom stereocenters. The summed E-state index contributed by atoms with van der Waals surface area (Å²) in [6, 6.07) is 1.09. The van der Waals surface area contributed by atoms with Crippen LogP contribution in [-0.4, -0.2) is 121 Å². The van der Waals surface area contributed by atoms with Gasteiger partial charge in [0.2, 0.25) is 13.6 Å². The molecular formula is C25H40FN2O17P. The second kappa shape index (κ2) is 19.7. The topological polar surface area (TPSA) is 217 Å². The molecule has 1 aromatic rings. The van der Waals surface area contributed by atoms with Gasteiger partial charge in [-0.05, 0) is 6.42 Å². The first-order chi connectivity index (χ1) is 21.9. The Morgan fingerprint density at radius 2 is 1.46 bits per heavy atom. The summed E-state index contributed by atoms with van der Waals surface area (Å²) in [6.45, 7) is -2.45. The van der Waals surface area contributed by atoms with Crippen molar-refractivity contribution in [2.45, 2.75) is 37.4 Å². The van der Waals surface area contributed by atoms with Crippen LogP contribution in [0.25, 0.3) is 0 Å². The summed E-state index contributed by atoms with van der Waals surface area (Å²) in [7, 11) is 0.681. The van der Waals surface area contributed by atoms with Gasteiger partial charge in [0.1, 0.15) is 18.5 Å². The Morgan fingerprint density at radius 3 is 1.89 bits per heavy atom. The van der Waals surface area contributed by atoms with E-state index in [1.165, 1.54) is 34.6 Å². The van der Waals surface area contributed by atoms with Crippen LogP contribution >= 0.6 is 7.82 Å². The highest BCUT2D eigenvalue weighted by Crippen LogP contribution is 2.52. The fraction of sp³-hybridized carbons (Fsp3) is 0.760. The second-order valence-corrected chi connectivity index (χ2v) is 11.5. The summed E-state index contributed by atoms with van der Waals surface area (Å²) in [5.41, 5.74) is -3.19. The lowest BCUT2D eigenvalue weighted by Gasteiger charge is -2.28. The van der Waals surface area contributed by atoms with Gasteiger partial charge in [0.25, 0.3) is 5.56 Å². The molecule has 1 fully saturated rings. The third-order valence-corrected chi connectivity index (χ3v) is 7.41. The predicted octanol–water partition coefficient (Wildman–Crippen LogP) is 1.50. The first-order valence-corrected chi connectivity index (χ1v) is 15.1. The van der Waals surface area contributed by atoms with Gasteiger partial charge in [-0.1, -0.05) is 6.92 Å². The fourth-order valence-corrected chi connectivity index (χ4v) is 5.17. The van der Waals surface area contributed by atoms with Crippen LogP contribution in [0.15, 0.2) is 21.9 Å². The molecular weight excluding hydrogens is 650 g/mol. The number of methoxy groups -OCH3 is 4. The number of phosphoric ester groups is 1. The summed E-state index contributed by atoms with van der Waals surface area (Å²) in [4.78, 5) is 50.0. The Hall–Kier alpha value is -2.94. The zero-order valence-corrected chi connectivity index (χ0v) is 26.9. The van der Waals surface area contributed by atoms with Crippen molar-refractivity contribution >= 4 is 20.1 Å². The van der Waals surface area contributed by atoms with Crippen molar-refractivity contribution in [3.05, 3.63) is 33.1 Å². The van der Waals surface area contributed by atoms with E-state index in [4.69, 9.17) is 56.2 Å². The van der Waals surface area contributed by atoms with Crippen LogP contribution < -0.4 is 11.2 Å². The van der Waals surface area contributed by atoms with Crippen molar-refractivity contribution < 1.29 is 74.7 Å². The van der Waals surface area contributed by atoms with Gasteiger partial charge in [-0.3, -0.25) is 18.9 Å². The Morgan fingerprint density at radius 1 is 0.957 bits per heavy atom. The summed E-state index contributed by atoms with van der Waals surface area (Å²) >= 11 is 0. The number of aromatic amines is 1. The maximum atomic E-state index is 14.4. The highest BCUT2D eigenvalue weighted by molar-refractivity contribution is 7.48. The highest BCUT2D eigenvalue weighted by atomic mass is 31.2. The quantitative estimate of drug-likeness (QED) is 0.110. The van der Waals surface area contributed by atoms with E-state index in [-0.39, 0.29) is 32.8 Å².